The Morgan fingerprint density at radius 2 is 1.86 bits per heavy atom. The van der Waals surface area contributed by atoms with Gasteiger partial charge in [-0.05, 0) is 13.3 Å². The van der Waals surface area contributed by atoms with E-state index in [0.29, 0.717) is 17.8 Å². The van der Waals surface area contributed by atoms with Crippen molar-refractivity contribution in [1.29, 1.82) is 0 Å². The SMILES string of the molecule is CCC(C)N1CCN(c2cnc(C(C)C)nc2CCl)CC1. The van der Waals surface area contributed by atoms with Crippen LogP contribution >= 0.6 is 11.6 Å². The largest absolute Gasteiger partial charge is 0.366 e. The molecular formula is C16H27ClN4. The minimum Gasteiger partial charge on any atom is -0.366 e. The second-order valence-electron chi connectivity index (χ2n) is 6.13. The van der Waals surface area contributed by atoms with Crippen molar-refractivity contribution in [2.75, 3.05) is 31.1 Å². The molecule has 0 bridgehead atoms. The van der Waals surface area contributed by atoms with Crippen LogP contribution in [0.1, 0.15) is 51.6 Å². The highest BCUT2D eigenvalue weighted by Gasteiger charge is 2.22. The van der Waals surface area contributed by atoms with E-state index in [1.165, 1.54) is 6.42 Å². The molecule has 1 unspecified atom stereocenters. The van der Waals surface area contributed by atoms with Crippen LogP contribution in [-0.2, 0) is 5.88 Å². The van der Waals surface area contributed by atoms with Gasteiger partial charge in [-0.2, -0.15) is 0 Å². The molecule has 1 aliphatic rings. The first kappa shape index (κ1) is 16.5. The number of halogens is 1. The molecule has 5 heteroatoms. The Hall–Kier alpha value is -0.870. The number of aromatic nitrogens is 2. The van der Waals surface area contributed by atoms with E-state index in [4.69, 9.17) is 11.6 Å². The van der Waals surface area contributed by atoms with Crippen molar-refractivity contribution >= 4 is 17.3 Å². The number of nitrogens with zero attached hydrogens (tertiary/aromatic N) is 4. The summed E-state index contributed by atoms with van der Waals surface area (Å²) < 4.78 is 0. The Kier molecular flexibility index (Phi) is 5.82. The predicted molar refractivity (Wildman–Crippen MR) is 89.2 cm³/mol. The number of hydrogen-bond acceptors (Lipinski definition) is 4. The zero-order valence-corrected chi connectivity index (χ0v) is 14.4. The third kappa shape index (κ3) is 3.86. The van der Waals surface area contributed by atoms with Crippen LogP contribution in [0.3, 0.4) is 0 Å². The maximum absolute atomic E-state index is 6.10. The minimum atomic E-state index is 0.336. The summed E-state index contributed by atoms with van der Waals surface area (Å²) in [6, 6.07) is 0.666. The zero-order valence-electron chi connectivity index (χ0n) is 13.6. The fraction of sp³-hybridized carbons (Fsp3) is 0.750. The van der Waals surface area contributed by atoms with E-state index in [-0.39, 0.29) is 0 Å². The quantitative estimate of drug-likeness (QED) is 0.781. The zero-order chi connectivity index (χ0) is 15.4. The molecule has 4 nitrogen and oxygen atoms in total. The topological polar surface area (TPSA) is 32.3 Å². The van der Waals surface area contributed by atoms with Crippen LogP contribution < -0.4 is 4.90 Å². The minimum absolute atomic E-state index is 0.336. The fourth-order valence-electron chi connectivity index (χ4n) is 2.73. The van der Waals surface area contributed by atoms with Gasteiger partial charge in [0.2, 0.25) is 0 Å². The van der Waals surface area contributed by atoms with E-state index in [9.17, 15) is 0 Å². The highest BCUT2D eigenvalue weighted by molar-refractivity contribution is 6.17. The fourth-order valence-corrected chi connectivity index (χ4v) is 2.93. The lowest BCUT2D eigenvalue weighted by molar-refractivity contribution is 0.192. The molecule has 0 spiro atoms. The van der Waals surface area contributed by atoms with E-state index in [2.05, 4.69) is 47.5 Å². The first-order valence-corrected chi connectivity index (χ1v) is 8.51. The maximum atomic E-state index is 6.10. The molecule has 0 N–H and O–H groups in total. The van der Waals surface area contributed by atoms with Crippen LogP contribution in [0.25, 0.3) is 0 Å². The summed E-state index contributed by atoms with van der Waals surface area (Å²) >= 11 is 6.10. The van der Waals surface area contributed by atoms with E-state index < -0.39 is 0 Å². The van der Waals surface area contributed by atoms with Gasteiger partial charge in [0, 0.05) is 38.1 Å². The lowest BCUT2D eigenvalue weighted by Gasteiger charge is -2.39. The van der Waals surface area contributed by atoms with Crippen LogP contribution in [0.4, 0.5) is 5.69 Å². The molecule has 0 aliphatic carbocycles. The molecular weight excluding hydrogens is 284 g/mol. The average Bonchev–Trinajstić information content (AvgIpc) is 2.53. The summed E-state index contributed by atoms with van der Waals surface area (Å²) in [4.78, 5) is 14.1. The number of alkyl halides is 1. The van der Waals surface area contributed by atoms with Gasteiger partial charge in [-0.25, -0.2) is 9.97 Å². The van der Waals surface area contributed by atoms with Gasteiger partial charge in [0.1, 0.15) is 5.82 Å². The molecule has 0 radical (unpaired) electrons. The molecule has 2 rings (SSSR count). The Morgan fingerprint density at radius 3 is 2.38 bits per heavy atom. The van der Waals surface area contributed by atoms with E-state index in [1.807, 2.05) is 6.20 Å². The molecule has 1 aliphatic heterocycles. The van der Waals surface area contributed by atoms with Crippen molar-refractivity contribution in [1.82, 2.24) is 14.9 Å². The lowest BCUT2D eigenvalue weighted by atomic mass is 10.1. The normalized spacial score (nSPS) is 18.3. The van der Waals surface area contributed by atoms with Gasteiger partial charge in [-0.15, -0.1) is 11.6 Å². The van der Waals surface area contributed by atoms with E-state index >= 15 is 0 Å². The van der Waals surface area contributed by atoms with Crippen LogP contribution in [-0.4, -0.2) is 47.1 Å². The summed E-state index contributed by atoms with van der Waals surface area (Å²) in [5.41, 5.74) is 2.07. The summed E-state index contributed by atoms with van der Waals surface area (Å²) in [7, 11) is 0. The monoisotopic (exact) mass is 310 g/mol. The molecule has 0 amide bonds. The number of anilines is 1. The van der Waals surface area contributed by atoms with Gasteiger partial charge in [-0.1, -0.05) is 20.8 Å². The molecule has 2 heterocycles. The predicted octanol–water partition coefficient (Wildman–Crippen LogP) is 3.26. The molecule has 21 heavy (non-hydrogen) atoms. The third-order valence-corrected chi connectivity index (χ3v) is 4.63. The van der Waals surface area contributed by atoms with Crippen molar-refractivity contribution in [2.24, 2.45) is 0 Å². The molecule has 1 aromatic rings. The van der Waals surface area contributed by atoms with Crippen molar-refractivity contribution in [3.63, 3.8) is 0 Å². The van der Waals surface area contributed by atoms with Gasteiger partial charge < -0.3 is 4.90 Å². The van der Waals surface area contributed by atoms with Crippen molar-refractivity contribution in [2.45, 2.75) is 52.0 Å². The van der Waals surface area contributed by atoms with Crippen molar-refractivity contribution in [3.05, 3.63) is 17.7 Å². The van der Waals surface area contributed by atoms with Crippen LogP contribution in [0.2, 0.25) is 0 Å². The van der Waals surface area contributed by atoms with Gasteiger partial charge in [0.05, 0.1) is 23.5 Å². The van der Waals surface area contributed by atoms with Gasteiger partial charge >= 0.3 is 0 Å². The molecule has 1 fully saturated rings. The van der Waals surface area contributed by atoms with Crippen LogP contribution in [0.15, 0.2) is 6.20 Å². The standard InChI is InChI=1S/C16H27ClN4/c1-5-13(4)20-6-8-21(9-7-20)15-11-18-16(12(2)3)19-14(15)10-17/h11-13H,5-10H2,1-4H3. The molecule has 1 saturated heterocycles. The lowest BCUT2D eigenvalue weighted by Crippen LogP contribution is -2.49. The molecule has 1 aromatic heterocycles. The smallest absolute Gasteiger partial charge is 0.131 e. The third-order valence-electron chi connectivity index (χ3n) is 4.38. The van der Waals surface area contributed by atoms with E-state index in [0.717, 1.165) is 43.4 Å². The average molecular weight is 311 g/mol. The molecule has 1 atom stereocenters. The Labute approximate surface area is 133 Å². The highest BCUT2D eigenvalue weighted by atomic mass is 35.5. The summed E-state index contributed by atoms with van der Waals surface area (Å²) in [5, 5.41) is 0. The summed E-state index contributed by atoms with van der Waals surface area (Å²) in [6.07, 6.45) is 3.16. The van der Waals surface area contributed by atoms with Crippen LogP contribution in [0, 0.1) is 0 Å². The maximum Gasteiger partial charge on any atom is 0.131 e. The first-order chi connectivity index (χ1) is 10.1. The Balaban J connectivity index is 2.09. The van der Waals surface area contributed by atoms with Gasteiger partial charge in [0.25, 0.3) is 0 Å². The van der Waals surface area contributed by atoms with E-state index in [1.54, 1.807) is 0 Å². The molecule has 0 aromatic carbocycles. The van der Waals surface area contributed by atoms with Crippen LogP contribution in [0.5, 0.6) is 0 Å². The molecule has 118 valence electrons. The van der Waals surface area contributed by atoms with Crippen molar-refractivity contribution in [3.8, 4) is 0 Å². The Morgan fingerprint density at radius 1 is 1.19 bits per heavy atom. The van der Waals surface area contributed by atoms with Crippen molar-refractivity contribution < 1.29 is 0 Å². The molecule has 0 saturated carbocycles. The highest BCUT2D eigenvalue weighted by Crippen LogP contribution is 2.23. The second-order valence-corrected chi connectivity index (χ2v) is 6.40. The number of piperazine rings is 1. The first-order valence-electron chi connectivity index (χ1n) is 7.97. The second kappa shape index (κ2) is 7.41. The Bertz CT molecular complexity index is 456. The van der Waals surface area contributed by atoms with Gasteiger partial charge in [-0.3, -0.25) is 4.90 Å². The summed E-state index contributed by atoms with van der Waals surface area (Å²) in [6.45, 7) is 13.0. The summed E-state index contributed by atoms with van der Waals surface area (Å²) in [5.74, 6) is 1.67. The number of rotatable bonds is 5. The number of hydrogen-bond donors (Lipinski definition) is 0. The van der Waals surface area contributed by atoms with Gasteiger partial charge in [0.15, 0.2) is 0 Å².